The summed E-state index contributed by atoms with van der Waals surface area (Å²) < 4.78 is 0.763. The largest absolute Gasteiger partial charge is 0.260 e. The lowest BCUT2D eigenvalue weighted by molar-refractivity contribution is 1.13. The van der Waals surface area contributed by atoms with Crippen LogP contribution >= 0.6 is 15.9 Å². The monoisotopic (exact) mass is 262 g/mol. The molecule has 76 valence electrons. The molecule has 3 heteroatoms. The highest BCUT2D eigenvalue weighted by Crippen LogP contribution is 2.18. The molecule has 0 aliphatic carbocycles. The van der Waals surface area contributed by atoms with E-state index < -0.39 is 0 Å². The van der Waals surface area contributed by atoms with Crippen LogP contribution in [0.5, 0.6) is 0 Å². The number of rotatable bonds is 2. The lowest BCUT2D eigenvalue weighted by Crippen LogP contribution is -1.87. The molecule has 0 amide bonds. The maximum absolute atomic E-state index is 4.35. The van der Waals surface area contributed by atoms with Gasteiger partial charge in [0.15, 0.2) is 0 Å². The number of hydrogen-bond donors (Lipinski definition) is 0. The van der Waals surface area contributed by atoms with Gasteiger partial charge in [0.05, 0.1) is 18.1 Å². The zero-order chi connectivity index (χ0) is 10.7. The van der Waals surface area contributed by atoms with E-state index in [4.69, 9.17) is 0 Å². The molecule has 0 radical (unpaired) electrons. The van der Waals surface area contributed by atoms with E-state index in [1.165, 1.54) is 5.56 Å². The van der Waals surface area contributed by atoms with Crippen LogP contribution in [0.2, 0.25) is 0 Å². The van der Waals surface area contributed by atoms with Gasteiger partial charge in [-0.25, -0.2) is 4.98 Å². The molecule has 2 aromatic rings. The Labute approximate surface area is 97.5 Å². The number of halogens is 1. The first kappa shape index (κ1) is 10.3. The molecule has 0 aliphatic rings. The number of hydrogen-bond acceptors (Lipinski definition) is 2. The summed E-state index contributed by atoms with van der Waals surface area (Å²) in [7, 11) is 0. The van der Waals surface area contributed by atoms with Crippen LogP contribution < -0.4 is 0 Å². The third-order valence-electron chi connectivity index (χ3n) is 2.26. The molecule has 0 saturated carbocycles. The molecular weight excluding hydrogens is 252 g/mol. The predicted octanol–water partition coefficient (Wildman–Crippen LogP) is 3.47. The second-order valence-electron chi connectivity index (χ2n) is 3.28. The maximum Gasteiger partial charge on any atom is 0.125 e. The van der Waals surface area contributed by atoms with Gasteiger partial charge >= 0.3 is 0 Å². The van der Waals surface area contributed by atoms with E-state index in [1.807, 2.05) is 0 Å². The van der Waals surface area contributed by atoms with Crippen LogP contribution in [0.15, 0.2) is 41.3 Å². The molecule has 2 rings (SSSR count). The summed E-state index contributed by atoms with van der Waals surface area (Å²) in [6, 6.07) is 8.40. The van der Waals surface area contributed by atoms with Crippen LogP contribution in [0, 0.1) is 0 Å². The summed E-state index contributed by atoms with van der Waals surface area (Å²) in [5, 5.41) is 0. The van der Waals surface area contributed by atoms with Crippen molar-refractivity contribution in [2.75, 3.05) is 0 Å². The third-order valence-corrected chi connectivity index (χ3v) is 2.65. The van der Waals surface area contributed by atoms with Gasteiger partial charge in [-0.2, -0.15) is 0 Å². The first-order valence-corrected chi connectivity index (χ1v) is 5.65. The van der Waals surface area contributed by atoms with Gasteiger partial charge in [-0.3, -0.25) is 4.98 Å². The summed E-state index contributed by atoms with van der Waals surface area (Å²) in [5.74, 6) is 0. The Balaban J connectivity index is 2.37. The Kier molecular flexibility index (Phi) is 3.11. The van der Waals surface area contributed by atoms with Crippen molar-refractivity contribution in [3.05, 3.63) is 46.8 Å². The standard InChI is InChI=1S/C12H11BrN2/c1-2-9-3-5-10(6-4-9)11-7-14-8-12(13)15-11/h3-8H,2H2,1H3. The minimum Gasteiger partial charge on any atom is -0.260 e. The molecule has 0 fully saturated rings. The second kappa shape index (κ2) is 4.53. The maximum atomic E-state index is 4.35. The molecule has 0 bridgehead atoms. The number of benzene rings is 1. The Bertz CT molecular complexity index is 451. The fraction of sp³-hybridized carbons (Fsp3) is 0.167. The highest BCUT2D eigenvalue weighted by atomic mass is 79.9. The van der Waals surface area contributed by atoms with Gasteiger partial charge in [-0.15, -0.1) is 0 Å². The van der Waals surface area contributed by atoms with Crippen molar-refractivity contribution in [3.8, 4) is 11.3 Å². The minimum atomic E-state index is 0.763. The summed E-state index contributed by atoms with van der Waals surface area (Å²) in [6.07, 6.45) is 4.51. The Morgan fingerprint density at radius 1 is 1.13 bits per heavy atom. The summed E-state index contributed by atoms with van der Waals surface area (Å²) >= 11 is 3.31. The van der Waals surface area contributed by atoms with Gasteiger partial charge in [0.25, 0.3) is 0 Å². The van der Waals surface area contributed by atoms with E-state index in [-0.39, 0.29) is 0 Å². The van der Waals surface area contributed by atoms with E-state index in [0.29, 0.717) is 0 Å². The van der Waals surface area contributed by atoms with Gasteiger partial charge in [0.1, 0.15) is 4.60 Å². The Morgan fingerprint density at radius 3 is 2.47 bits per heavy atom. The molecule has 0 aliphatic heterocycles. The lowest BCUT2D eigenvalue weighted by atomic mass is 10.1. The lowest BCUT2D eigenvalue weighted by Gasteiger charge is -2.01. The molecule has 1 heterocycles. The summed E-state index contributed by atoms with van der Waals surface area (Å²) in [5.41, 5.74) is 3.33. The van der Waals surface area contributed by atoms with Crippen LogP contribution in [0.1, 0.15) is 12.5 Å². The zero-order valence-electron chi connectivity index (χ0n) is 8.44. The van der Waals surface area contributed by atoms with Crippen LogP contribution in [-0.2, 0) is 6.42 Å². The molecule has 0 saturated heterocycles. The van der Waals surface area contributed by atoms with Crippen LogP contribution in [0.25, 0.3) is 11.3 Å². The van der Waals surface area contributed by atoms with Crippen LogP contribution in [0.4, 0.5) is 0 Å². The first-order valence-electron chi connectivity index (χ1n) is 4.86. The van der Waals surface area contributed by atoms with E-state index in [0.717, 1.165) is 22.3 Å². The molecule has 15 heavy (non-hydrogen) atoms. The topological polar surface area (TPSA) is 25.8 Å². The van der Waals surface area contributed by atoms with Crippen molar-refractivity contribution in [2.24, 2.45) is 0 Å². The average molecular weight is 263 g/mol. The van der Waals surface area contributed by atoms with Gasteiger partial charge in [-0.05, 0) is 27.9 Å². The molecule has 0 spiro atoms. The highest BCUT2D eigenvalue weighted by molar-refractivity contribution is 9.10. The summed E-state index contributed by atoms with van der Waals surface area (Å²) in [4.78, 5) is 8.45. The van der Waals surface area contributed by atoms with Crippen LogP contribution in [-0.4, -0.2) is 9.97 Å². The van der Waals surface area contributed by atoms with Gasteiger partial charge in [0.2, 0.25) is 0 Å². The van der Waals surface area contributed by atoms with Crippen molar-refractivity contribution < 1.29 is 0 Å². The SMILES string of the molecule is CCc1ccc(-c2cncc(Br)n2)cc1. The number of aryl methyl sites for hydroxylation is 1. The van der Waals surface area contributed by atoms with Gasteiger partial charge in [0, 0.05) is 5.56 Å². The van der Waals surface area contributed by atoms with E-state index >= 15 is 0 Å². The molecular formula is C12H11BrN2. The zero-order valence-corrected chi connectivity index (χ0v) is 10.0. The van der Waals surface area contributed by atoms with Gasteiger partial charge < -0.3 is 0 Å². The van der Waals surface area contributed by atoms with Crippen molar-refractivity contribution in [1.29, 1.82) is 0 Å². The van der Waals surface area contributed by atoms with E-state index in [2.05, 4.69) is 57.1 Å². The first-order chi connectivity index (χ1) is 7.29. The molecule has 0 N–H and O–H groups in total. The normalized spacial score (nSPS) is 10.3. The molecule has 0 atom stereocenters. The fourth-order valence-electron chi connectivity index (χ4n) is 1.39. The van der Waals surface area contributed by atoms with Crippen molar-refractivity contribution in [2.45, 2.75) is 13.3 Å². The quantitative estimate of drug-likeness (QED) is 0.829. The minimum absolute atomic E-state index is 0.763. The molecule has 1 aromatic carbocycles. The predicted molar refractivity (Wildman–Crippen MR) is 64.5 cm³/mol. The third kappa shape index (κ3) is 2.42. The average Bonchev–Trinajstić information content (AvgIpc) is 2.29. The van der Waals surface area contributed by atoms with E-state index in [9.17, 15) is 0 Å². The Hall–Kier alpha value is -1.22. The van der Waals surface area contributed by atoms with Crippen molar-refractivity contribution in [3.63, 3.8) is 0 Å². The second-order valence-corrected chi connectivity index (χ2v) is 4.09. The fourth-order valence-corrected chi connectivity index (χ4v) is 1.70. The molecule has 1 aromatic heterocycles. The molecule has 2 nitrogen and oxygen atoms in total. The van der Waals surface area contributed by atoms with Gasteiger partial charge in [-0.1, -0.05) is 31.2 Å². The van der Waals surface area contributed by atoms with Crippen molar-refractivity contribution >= 4 is 15.9 Å². The van der Waals surface area contributed by atoms with Crippen LogP contribution in [0.3, 0.4) is 0 Å². The summed E-state index contributed by atoms with van der Waals surface area (Å²) in [6.45, 7) is 2.15. The molecule has 0 unspecified atom stereocenters. The van der Waals surface area contributed by atoms with Crippen molar-refractivity contribution in [1.82, 2.24) is 9.97 Å². The van der Waals surface area contributed by atoms with E-state index in [1.54, 1.807) is 12.4 Å². The number of nitrogens with zero attached hydrogens (tertiary/aromatic N) is 2. The number of aromatic nitrogens is 2. The Morgan fingerprint density at radius 2 is 1.87 bits per heavy atom. The smallest absolute Gasteiger partial charge is 0.125 e. The highest BCUT2D eigenvalue weighted by Gasteiger charge is 2.00.